The van der Waals surface area contributed by atoms with Crippen molar-refractivity contribution in [3.05, 3.63) is 28.0 Å². The average molecular weight is 218 g/mol. The van der Waals surface area contributed by atoms with Crippen LogP contribution in [0.1, 0.15) is 23.1 Å². The van der Waals surface area contributed by atoms with Gasteiger partial charge in [0, 0.05) is 18.3 Å². The van der Waals surface area contributed by atoms with E-state index in [9.17, 15) is 8.78 Å². The largest absolute Gasteiger partial charge is 0.326 e. The monoisotopic (exact) mass is 217 g/mol. The third-order valence-electron chi connectivity index (χ3n) is 1.71. The van der Waals surface area contributed by atoms with Gasteiger partial charge in [0.25, 0.3) is 6.43 Å². The summed E-state index contributed by atoms with van der Waals surface area (Å²) in [4.78, 5) is 3.53. The zero-order chi connectivity index (χ0) is 10.7. The first-order valence-electron chi connectivity index (χ1n) is 3.67. The molecular weight excluding hydrogens is 212 g/mol. The topological polar surface area (TPSA) is 62.7 Å². The van der Waals surface area contributed by atoms with Crippen LogP contribution in [0.4, 0.5) is 8.78 Å². The Balaban J connectivity index is 3.43. The highest BCUT2D eigenvalue weighted by molar-refractivity contribution is 6.30. The van der Waals surface area contributed by atoms with Crippen LogP contribution in [-0.2, 0) is 6.54 Å². The summed E-state index contributed by atoms with van der Waals surface area (Å²) in [6.45, 7) is -0.0880. The molecule has 0 aromatic carbocycles. The minimum Gasteiger partial charge on any atom is -0.326 e. The number of pyridine rings is 1. The van der Waals surface area contributed by atoms with Crippen molar-refractivity contribution in [2.24, 2.45) is 5.73 Å². The molecule has 0 radical (unpaired) electrons. The Morgan fingerprint density at radius 3 is 2.71 bits per heavy atom. The minimum absolute atomic E-state index is 0.00606. The Morgan fingerprint density at radius 1 is 1.64 bits per heavy atom. The normalized spacial score (nSPS) is 10.3. The lowest BCUT2D eigenvalue weighted by molar-refractivity contribution is 0.150. The van der Waals surface area contributed by atoms with Gasteiger partial charge in [-0.25, -0.2) is 13.8 Å². The summed E-state index contributed by atoms with van der Waals surface area (Å²) in [5.41, 5.74) is 4.82. The SMILES string of the molecule is N#Cc1c(C(F)F)cnc(Cl)c1CN. The molecule has 14 heavy (non-hydrogen) atoms. The molecule has 0 spiro atoms. The molecule has 0 unspecified atom stereocenters. The second kappa shape index (κ2) is 4.31. The highest BCUT2D eigenvalue weighted by Gasteiger charge is 2.18. The molecule has 0 saturated heterocycles. The third-order valence-corrected chi connectivity index (χ3v) is 2.03. The number of nitrogens with two attached hydrogens (primary N) is 1. The van der Waals surface area contributed by atoms with Gasteiger partial charge in [-0.1, -0.05) is 11.6 Å². The van der Waals surface area contributed by atoms with E-state index in [2.05, 4.69) is 4.98 Å². The number of aromatic nitrogens is 1. The van der Waals surface area contributed by atoms with E-state index in [0.29, 0.717) is 0 Å². The van der Waals surface area contributed by atoms with Crippen LogP contribution in [-0.4, -0.2) is 4.98 Å². The van der Waals surface area contributed by atoms with Crippen molar-refractivity contribution in [1.29, 1.82) is 5.26 Å². The maximum absolute atomic E-state index is 12.4. The van der Waals surface area contributed by atoms with Crippen LogP contribution in [0, 0.1) is 11.3 Å². The van der Waals surface area contributed by atoms with Gasteiger partial charge in [-0.05, 0) is 0 Å². The predicted molar refractivity (Wildman–Crippen MR) is 46.8 cm³/mol. The second-order valence-electron chi connectivity index (χ2n) is 2.47. The second-order valence-corrected chi connectivity index (χ2v) is 2.83. The van der Waals surface area contributed by atoms with E-state index in [-0.39, 0.29) is 22.8 Å². The molecule has 0 aliphatic rings. The summed E-state index contributed by atoms with van der Waals surface area (Å²) >= 11 is 5.60. The van der Waals surface area contributed by atoms with Crippen molar-refractivity contribution in [1.82, 2.24) is 4.98 Å². The number of halogens is 3. The molecule has 0 aliphatic heterocycles. The number of alkyl halides is 2. The molecule has 0 atom stereocenters. The molecular formula is C8H6ClF2N3. The maximum atomic E-state index is 12.4. The highest BCUT2D eigenvalue weighted by atomic mass is 35.5. The van der Waals surface area contributed by atoms with E-state index in [1.165, 1.54) is 0 Å². The summed E-state index contributed by atoms with van der Waals surface area (Å²) < 4.78 is 24.8. The lowest BCUT2D eigenvalue weighted by Crippen LogP contribution is -2.05. The average Bonchev–Trinajstić information content (AvgIpc) is 2.16. The van der Waals surface area contributed by atoms with Gasteiger partial charge in [-0.2, -0.15) is 5.26 Å². The maximum Gasteiger partial charge on any atom is 0.266 e. The van der Waals surface area contributed by atoms with Gasteiger partial charge >= 0.3 is 0 Å². The van der Waals surface area contributed by atoms with Crippen LogP contribution in [0.5, 0.6) is 0 Å². The summed E-state index contributed by atoms with van der Waals surface area (Å²) in [5.74, 6) is 0. The Kier molecular flexibility index (Phi) is 3.33. The summed E-state index contributed by atoms with van der Waals surface area (Å²) in [7, 11) is 0. The Labute approximate surface area is 84.1 Å². The molecule has 74 valence electrons. The fraction of sp³-hybridized carbons (Fsp3) is 0.250. The van der Waals surface area contributed by atoms with E-state index < -0.39 is 12.0 Å². The van der Waals surface area contributed by atoms with Crippen molar-refractivity contribution in [3.8, 4) is 6.07 Å². The van der Waals surface area contributed by atoms with E-state index in [0.717, 1.165) is 6.20 Å². The van der Waals surface area contributed by atoms with Gasteiger partial charge in [0.15, 0.2) is 0 Å². The minimum atomic E-state index is -2.75. The van der Waals surface area contributed by atoms with Gasteiger partial charge in [0.1, 0.15) is 11.2 Å². The van der Waals surface area contributed by atoms with E-state index in [1.54, 1.807) is 6.07 Å². The molecule has 2 N–H and O–H groups in total. The van der Waals surface area contributed by atoms with Crippen molar-refractivity contribution in [2.75, 3.05) is 0 Å². The summed E-state index contributed by atoms with van der Waals surface area (Å²) in [5, 5.41) is 8.67. The van der Waals surface area contributed by atoms with Crippen LogP contribution in [0.3, 0.4) is 0 Å². The van der Waals surface area contributed by atoms with Crippen LogP contribution in [0.2, 0.25) is 5.15 Å². The zero-order valence-electron chi connectivity index (χ0n) is 6.97. The molecule has 1 heterocycles. The third kappa shape index (κ3) is 1.81. The number of hydrogen-bond donors (Lipinski definition) is 1. The highest BCUT2D eigenvalue weighted by Crippen LogP contribution is 2.27. The predicted octanol–water partition coefficient (Wildman–Crippen LogP) is 2.00. The molecule has 1 aromatic heterocycles. The lowest BCUT2D eigenvalue weighted by atomic mass is 10.1. The van der Waals surface area contributed by atoms with Gasteiger partial charge in [-0.3, -0.25) is 0 Å². The molecule has 1 rings (SSSR count). The molecule has 3 nitrogen and oxygen atoms in total. The van der Waals surface area contributed by atoms with Crippen molar-refractivity contribution >= 4 is 11.6 Å². The Hall–Kier alpha value is -1.25. The zero-order valence-corrected chi connectivity index (χ0v) is 7.72. The van der Waals surface area contributed by atoms with Gasteiger partial charge in [0.2, 0.25) is 0 Å². The summed E-state index contributed by atoms with van der Waals surface area (Å²) in [6, 6.07) is 1.65. The van der Waals surface area contributed by atoms with Crippen LogP contribution in [0.25, 0.3) is 0 Å². The van der Waals surface area contributed by atoms with E-state index >= 15 is 0 Å². The van der Waals surface area contributed by atoms with Crippen LogP contribution >= 0.6 is 11.6 Å². The quantitative estimate of drug-likeness (QED) is 0.771. The van der Waals surface area contributed by atoms with E-state index in [4.69, 9.17) is 22.6 Å². The Bertz CT molecular complexity index is 387. The number of hydrogen-bond acceptors (Lipinski definition) is 3. The van der Waals surface area contributed by atoms with Gasteiger partial charge in [0.05, 0.1) is 11.1 Å². The first-order valence-corrected chi connectivity index (χ1v) is 4.05. The fourth-order valence-electron chi connectivity index (χ4n) is 1.03. The number of rotatable bonds is 2. The van der Waals surface area contributed by atoms with Crippen molar-refractivity contribution in [2.45, 2.75) is 13.0 Å². The molecule has 0 bridgehead atoms. The van der Waals surface area contributed by atoms with Gasteiger partial charge in [-0.15, -0.1) is 0 Å². The van der Waals surface area contributed by atoms with Crippen molar-refractivity contribution < 1.29 is 8.78 Å². The lowest BCUT2D eigenvalue weighted by Gasteiger charge is -2.07. The molecule has 0 fully saturated rings. The fourth-order valence-corrected chi connectivity index (χ4v) is 1.25. The van der Waals surface area contributed by atoms with Crippen molar-refractivity contribution in [3.63, 3.8) is 0 Å². The first-order chi connectivity index (χ1) is 6.61. The van der Waals surface area contributed by atoms with Crippen LogP contribution < -0.4 is 5.73 Å². The molecule has 0 aliphatic carbocycles. The number of nitriles is 1. The molecule has 0 amide bonds. The van der Waals surface area contributed by atoms with Crippen LogP contribution in [0.15, 0.2) is 6.20 Å². The molecule has 6 heteroatoms. The first kappa shape index (κ1) is 10.8. The molecule has 1 aromatic rings. The molecule has 0 saturated carbocycles. The number of nitrogens with zero attached hydrogens (tertiary/aromatic N) is 2. The summed E-state index contributed by atoms with van der Waals surface area (Å²) in [6.07, 6.45) is -1.86. The van der Waals surface area contributed by atoms with E-state index in [1.807, 2.05) is 0 Å². The van der Waals surface area contributed by atoms with Gasteiger partial charge < -0.3 is 5.73 Å². The standard InChI is InChI=1S/C8H6ClF2N3/c9-7-5(2-13)4(1-12)6(3-14-7)8(10)11/h3,8H,2,13H2. The Morgan fingerprint density at radius 2 is 2.29 bits per heavy atom. The smallest absolute Gasteiger partial charge is 0.266 e.